The molecule has 4 unspecified atom stereocenters. The molecule has 0 aliphatic carbocycles. The lowest BCUT2D eigenvalue weighted by molar-refractivity contribution is -0.165. The van der Waals surface area contributed by atoms with E-state index in [0.717, 1.165) is 5.56 Å². The Morgan fingerprint density at radius 1 is 1.18 bits per heavy atom. The van der Waals surface area contributed by atoms with Crippen LogP contribution in [0.3, 0.4) is 0 Å². The number of amides is 2. The van der Waals surface area contributed by atoms with Crippen molar-refractivity contribution in [2.24, 2.45) is 0 Å². The number of hydrogen-bond acceptors (Lipinski definition) is 8. The minimum Gasteiger partial charge on any atom is -0.314 e. The number of nitrogens with zero attached hydrogens (tertiary/aromatic N) is 5. The third-order valence-corrected chi connectivity index (χ3v) is 8.02. The van der Waals surface area contributed by atoms with Crippen LogP contribution >= 0.6 is 23.1 Å². The smallest absolute Gasteiger partial charge is 0.250 e. The summed E-state index contributed by atoms with van der Waals surface area (Å²) in [6.45, 7) is 8.05. The molecule has 0 bridgehead atoms. The summed E-state index contributed by atoms with van der Waals surface area (Å²) < 4.78 is -0.286. The molecule has 148 valence electrons. The number of fused-ring (bicyclic) bond motifs is 1. The van der Waals surface area contributed by atoms with Crippen molar-refractivity contribution >= 4 is 34.9 Å². The molecule has 0 saturated carbocycles. The molecule has 28 heavy (non-hydrogen) atoms. The molecule has 3 saturated heterocycles. The number of rotatable bonds is 3. The molecule has 4 atom stereocenters. The monoisotopic (exact) mass is 419 g/mol. The SMILES string of the molecule is CC1(C)SC2C(N3C(=O)C(c4ccsc4)NC3(C)C)C(=O)N2C1c1nn[nH]n1. The van der Waals surface area contributed by atoms with Gasteiger partial charge in [-0.05, 0) is 50.1 Å². The van der Waals surface area contributed by atoms with Gasteiger partial charge in [0.05, 0.1) is 5.66 Å². The van der Waals surface area contributed by atoms with Gasteiger partial charge in [-0.2, -0.15) is 16.6 Å². The summed E-state index contributed by atoms with van der Waals surface area (Å²) in [4.78, 5) is 30.1. The Kier molecular flexibility index (Phi) is 3.72. The predicted molar refractivity (Wildman–Crippen MR) is 104 cm³/mol. The van der Waals surface area contributed by atoms with E-state index in [1.165, 1.54) is 0 Å². The molecule has 2 aromatic heterocycles. The van der Waals surface area contributed by atoms with Crippen LogP contribution in [0.2, 0.25) is 0 Å². The lowest BCUT2D eigenvalue weighted by atomic mass is 9.93. The molecule has 11 heteroatoms. The minimum absolute atomic E-state index is 0.0529. The van der Waals surface area contributed by atoms with Crippen LogP contribution in [0, 0.1) is 0 Å². The van der Waals surface area contributed by atoms with E-state index in [2.05, 4.69) is 39.8 Å². The first-order valence-corrected chi connectivity index (χ1v) is 10.9. The van der Waals surface area contributed by atoms with Crippen LogP contribution in [-0.2, 0) is 9.59 Å². The van der Waals surface area contributed by atoms with Gasteiger partial charge in [-0.15, -0.1) is 22.0 Å². The first-order valence-electron chi connectivity index (χ1n) is 9.09. The number of aromatic amines is 1. The summed E-state index contributed by atoms with van der Waals surface area (Å²) in [5.74, 6) is 0.392. The fraction of sp³-hybridized carbons (Fsp3) is 0.588. The van der Waals surface area contributed by atoms with Gasteiger partial charge in [0.1, 0.15) is 23.5 Å². The Labute approximate surface area is 170 Å². The van der Waals surface area contributed by atoms with Crippen molar-refractivity contribution in [2.75, 3.05) is 0 Å². The van der Waals surface area contributed by atoms with Crippen molar-refractivity contribution in [3.05, 3.63) is 28.2 Å². The minimum atomic E-state index is -0.620. The van der Waals surface area contributed by atoms with Crippen LogP contribution < -0.4 is 5.32 Å². The maximum absolute atomic E-state index is 13.3. The molecule has 5 heterocycles. The molecule has 5 rings (SSSR count). The third-order valence-electron chi connectivity index (χ3n) is 5.76. The van der Waals surface area contributed by atoms with Crippen molar-refractivity contribution in [2.45, 2.75) is 61.6 Å². The Bertz CT molecular complexity index is 927. The number of hydrogen-bond donors (Lipinski definition) is 2. The Hall–Kier alpha value is -1.98. The van der Waals surface area contributed by atoms with E-state index >= 15 is 0 Å². The standard InChI is InChI=1S/C17H21N7O2S2/c1-16(2)11(12-19-21-22-20-12)23-14(26)10(15(23)28-16)24-13(25)9(18-17(24,3)4)8-5-6-27-7-8/h5-7,9-11,15,18H,1-4H3,(H,19,20,21,22). The van der Waals surface area contributed by atoms with E-state index in [4.69, 9.17) is 0 Å². The molecule has 2 aromatic rings. The van der Waals surface area contributed by atoms with Gasteiger partial charge in [0.15, 0.2) is 5.82 Å². The quantitative estimate of drug-likeness (QED) is 0.722. The van der Waals surface area contributed by atoms with Crippen molar-refractivity contribution in [3.63, 3.8) is 0 Å². The highest BCUT2D eigenvalue weighted by molar-refractivity contribution is 8.01. The van der Waals surface area contributed by atoms with E-state index in [9.17, 15) is 9.59 Å². The van der Waals surface area contributed by atoms with Gasteiger partial charge in [0, 0.05) is 4.75 Å². The van der Waals surface area contributed by atoms with Crippen LogP contribution in [-0.4, -0.2) is 64.1 Å². The number of tetrazole rings is 1. The highest BCUT2D eigenvalue weighted by Crippen LogP contribution is 2.58. The summed E-state index contributed by atoms with van der Waals surface area (Å²) in [7, 11) is 0. The Morgan fingerprint density at radius 3 is 2.61 bits per heavy atom. The summed E-state index contributed by atoms with van der Waals surface area (Å²) in [6, 6.07) is 0.760. The third kappa shape index (κ3) is 2.32. The lowest BCUT2D eigenvalue weighted by Crippen LogP contribution is -2.71. The molecule has 3 aliphatic heterocycles. The molecule has 2 N–H and O–H groups in total. The average molecular weight is 420 g/mol. The zero-order valence-electron chi connectivity index (χ0n) is 15.9. The highest BCUT2D eigenvalue weighted by Gasteiger charge is 2.67. The zero-order chi connectivity index (χ0) is 19.8. The summed E-state index contributed by atoms with van der Waals surface area (Å²) in [5, 5.41) is 21.6. The van der Waals surface area contributed by atoms with Gasteiger partial charge in [-0.1, -0.05) is 5.21 Å². The van der Waals surface area contributed by atoms with E-state index in [1.54, 1.807) is 28.0 Å². The Balaban J connectivity index is 1.47. The van der Waals surface area contributed by atoms with Crippen LogP contribution in [0.5, 0.6) is 0 Å². The first-order chi connectivity index (χ1) is 13.2. The maximum atomic E-state index is 13.3. The van der Waals surface area contributed by atoms with Gasteiger partial charge >= 0.3 is 0 Å². The molecule has 3 fully saturated rings. The Morgan fingerprint density at radius 2 is 1.96 bits per heavy atom. The molecule has 9 nitrogen and oxygen atoms in total. The number of thioether (sulfide) groups is 1. The first kappa shape index (κ1) is 18.1. The van der Waals surface area contributed by atoms with Gasteiger partial charge < -0.3 is 9.80 Å². The fourth-order valence-electron chi connectivity index (χ4n) is 4.58. The summed E-state index contributed by atoms with van der Waals surface area (Å²) in [5.41, 5.74) is 0.323. The van der Waals surface area contributed by atoms with Crippen LogP contribution in [0.15, 0.2) is 16.8 Å². The fourth-order valence-corrected chi connectivity index (χ4v) is 6.95. The number of carbonyl (C=O) groups excluding carboxylic acids is 2. The number of thiophene rings is 1. The lowest BCUT2D eigenvalue weighted by Gasteiger charge is -2.50. The molecule has 2 amide bonds. The van der Waals surface area contributed by atoms with Gasteiger partial charge in [-0.25, -0.2) is 0 Å². The second-order valence-corrected chi connectivity index (χ2v) is 10.9. The van der Waals surface area contributed by atoms with E-state index in [1.807, 2.05) is 35.6 Å². The molecule has 0 aromatic carbocycles. The predicted octanol–water partition coefficient (Wildman–Crippen LogP) is 1.27. The number of nitrogens with one attached hydrogen (secondary N) is 2. The van der Waals surface area contributed by atoms with Gasteiger partial charge in [0.25, 0.3) is 0 Å². The van der Waals surface area contributed by atoms with Crippen LogP contribution in [0.4, 0.5) is 0 Å². The van der Waals surface area contributed by atoms with Crippen LogP contribution in [0.25, 0.3) is 0 Å². The topological polar surface area (TPSA) is 107 Å². The normalized spacial score (nSPS) is 33.3. The molecular weight excluding hydrogens is 398 g/mol. The van der Waals surface area contributed by atoms with Gasteiger partial charge in [0.2, 0.25) is 11.8 Å². The van der Waals surface area contributed by atoms with Crippen molar-refractivity contribution in [3.8, 4) is 0 Å². The number of β-lactam (4-membered cyclic amide) rings is 1. The van der Waals surface area contributed by atoms with Gasteiger partial charge in [-0.3, -0.25) is 14.9 Å². The molecule has 3 aliphatic rings. The summed E-state index contributed by atoms with van der Waals surface area (Å²) >= 11 is 3.25. The van der Waals surface area contributed by atoms with E-state index < -0.39 is 17.7 Å². The second kappa shape index (κ2) is 5.77. The zero-order valence-corrected chi connectivity index (χ0v) is 17.5. The van der Waals surface area contributed by atoms with Crippen LogP contribution in [0.1, 0.15) is 51.2 Å². The largest absolute Gasteiger partial charge is 0.314 e. The molecular formula is C17H21N7O2S2. The van der Waals surface area contributed by atoms with Crippen molar-refractivity contribution in [1.29, 1.82) is 0 Å². The number of H-pyrrole nitrogens is 1. The molecule has 0 spiro atoms. The summed E-state index contributed by atoms with van der Waals surface area (Å²) in [6.07, 6.45) is 0. The van der Waals surface area contributed by atoms with E-state index in [-0.39, 0.29) is 28.0 Å². The average Bonchev–Trinajstić information content (AvgIpc) is 3.38. The van der Waals surface area contributed by atoms with E-state index in [0.29, 0.717) is 5.82 Å². The maximum Gasteiger partial charge on any atom is 0.250 e. The second-order valence-electron chi connectivity index (χ2n) is 8.38. The van der Waals surface area contributed by atoms with Crippen molar-refractivity contribution in [1.82, 2.24) is 35.7 Å². The molecule has 0 radical (unpaired) electrons. The highest BCUT2D eigenvalue weighted by atomic mass is 32.2. The number of carbonyl (C=O) groups is 2. The van der Waals surface area contributed by atoms with Crippen molar-refractivity contribution < 1.29 is 9.59 Å². The number of aromatic nitrogens is 4.